The van der Waals surface area contributed by atoms with Crippen LogP contribution in [0.1, 0.15) is 64.3 Å². The summed E-state index contributed by atoms with van der Waals surface area (Å²) >= 11 is 0. The zero-order chi connectivity index (χ0) is 19.5. The van der Waals surface area contributed by atoms with Crippen molar-refractivity contribution in [2.45, 2.75) is 39.2 Å². The highest BCUT2D eigenvalue weighted by Gasteiger charge is 2.56. The molecule has 3 aromatic carbocycles. The second-order valence-electron chi connectivity index (χ2n) is 7.92. The Kier molecular flexibility index (Phi) is 3.97. The quantitative estimate of drug-likeness (QED) is 0.549. The summed E-state index contributed by atoms with van der Waals surface area (Å²) in [5.74, 6) is 0.296. The van der Waals surface area contributed by atoms with E-state index in [1.54, 1.807) is 0 Å². The third kappa shape index (κ3) is 2.00. The summed E-state index contributed by atoms with van der Waals surface area (Å²) < 4.78 is 0. The van der Waals surface area contributed by atoms with E-state index in [0.717, 1.165) is 6.54 Å². The Morgan fingerprint density at radius 1 is 0.821 bits per heavy atom. The van der Waals surface area contributed by atoms with Gasteiger partial charge in [-0.3, -0.25) is 4.84 Å². The third-order valence-electron chi connectivity index (χ3n) is 6.59. The summed E-state index contributed by atoms with van der Waals surface area (Å²) in [7, 11) is 0. The van der Waals surface area contributed by atoms with Crippen LogP contribution >= 0.6 is 0 Å². The second kappa shape index (κ2) is 6.30. The average molecular weight is 370 g/mol. The van der Waals surface area contributed by atoms with Gasteiger partial charge in [0.2, 0.25) is 0 Å². The van der Waals surface area contributed by atoms with Crippen LogP contribution < -0.4 is 0 Å². The minimum Gasteiger partial charge on any atom is -0.298 e. The van der Waals surface area contributed by atoms with Crippen molar-refractivity contribution in [1.82, 2.24) is 5.06 Å². The summed E-state index contributed by atoms with van der Waals surface area (Å²) in [4.78, 5) is 6.35. The van der Waals surface area contributed by atoms with Gasteiger partial charge in [-0.25, -0.2) is 0 Å². The smallest absolute Gasteiger partial charge is 0.122 e. The molecule has 0 atom stereocenters. The first-order valence-electron chi connectivity index (χ1n) is 10.4. The lowest BCUT2D eigenvalue weighted by Gasteiger charge is -2.55. The maximum atomic E-state index is 6.35. The van der Waals surface area contributed by atoms with E-state index in [1.165, 1.54) is 44.5 Å². The van der Waals surface area contributed by atoms with Gasteiger partial charge < -0.3 is 0 Å². The Balaban J connectivity index is 2.01. The SMILES string of the molecule is CCON(CC)C12c3ccccc3C(c3ccccc31)c1c(C)ccc(C)c12. The molecule has 0 N–H and O–H groups in total. The number of hydrogen-bond acceptors (Lipinski definition) is 2. The van der Waals surface area contributed by atoms with Crippen LogP contribution in [0.4, 0.5) is 0 Å². The van der Waals surface area contributed by atoms with E-state index in [2.05, 4.69) is 93.4 Å². The van der Waals surface area contributed by atoms with Gasteiger partial charge in [0, 0.05) is 12.5 Å². The summed E-state index contributed by atoms with van der Waals surface area (Å²) in [5, 5.41) is 2.23. The third-order valence-corrected chi connectivity index (χ3v) is 6.59. The lowest BCUT2D eigenvalue weighted by atomic mass is 9.55. The molecule has 0 saturated carbocycles. The van der Waals surface area contributed by atoms with E-state index in [0.29, 0.717) is 12.5 Å². The van der Waals surface area contributed by atoms with Gasteiger partial charge in [0.1, 0.15) is 5.54 Å². The first-order valence-corrected chi connectivity index (χ1v) is 10.4. The van der Waals surface area contributed by atoms with E-state index in [-0.39, 0.29) is 0 Å². The maximum absolute atomic E-state index is 6.35. The number of hydrogen-bond donors (Lipinski definition) is 0. The Morgan fingerprint density at radius 2 is 1.39 bits per heavy atom. The molecule has 0 aromatic heterocycles. The molecule has 0 unspecified atom stereocenters. The summed E-state index contributed by atoms with van der Waals surface area (Å²) in [5.41, 5.74) is 10.8. The van der Waals surface area contributed by atoms with Gasteiger partial charge in [0.05, 0.1) is 6.61 Å². The van der Waals surface area contributed by atoms with Crippen LogP contribution in [0, 0.1) is 13.8 Å². The first kappa shape index (κ1) is 17.7. The minimum atomic E-state index is -0.405. The van der Waals surface area contributed by atoms with Crippen LogP contribution in [0.15, 0.2) is 60.7 Å². The van der Waals surface area contributed by atoms with Gasteiger partial charge in [0.25, 0.3) is 0 Å². The van der Waals surface area contributed by atoms with Crippen LogP contribution in [0.5, 0.6) is 0 Å². The van der Waals surface area contributed by atoms with Gasteiger partial charge in [-0.2, -0.15) is 5.06 Å². The van der Waals surface area contributed by atoms with Crippen molar-refractivity contribution in [2.24, 2.45) is 0 Å². The van der Waals surface area contributed by atoms with E-state index in [1.807, 2.05) is 0 Å². The van der Waals surface area contributed by atoms with Gasteiger partial charge in [-0.15, -0.1) is 0 Å². The highest BCUT2D eigenvalue weighted by Crippen LogP contribution is 2.61. The molecular weight excluding hydrogens is 342 g/mol. The normalized spacial score (nSPS) is 21.4. The van der Waals surface area contributed by atoms with E-state index in [9.17, 15) is 0 Å². The molecule has 0 amide bonds. The van der Waals surface area contributed by atoms with Crippen molar-refractivity contribution >= 4 is 0 Å². The fourth-order valence-corrected chi connectivity index (χ4v) is 5.71. The molecule has 0 heterocycles. The van der Waals surface area contributed by atoms with Crippen molar-refractivity contribution in [3.05, 3.63) is 105 Å². The topological polar surface area (TPSA) is 12.5 Å². The Bertz CT molecular complexity index is 1020. The largest absolute Gasteiger partial charge is 0.298 e. The molecule has 3 aliphatic rings. The van der Waals surface area contributed by atoms with Crippen LogP contribution in [0.2, 0.25) is 0 Å². The summed E-state index contributed by atoms with van der Waals surface area (Å²) in [6.07, 6.45) is 0. The molecule has 28 heavy (non-hydrogen) atoms. The van der Waals surface area contributed by atoms with Gasteiger partial charge in [0.15, 0.2) is 0 Å². The van der Waals surface area contributed by atoms with Gasteiger partial charge >= 0.3 is 0 Å². The molecule has 2 heteroatoms. The van der Waals surface area contributed by atoms with Crippen molar-refractivity contribution in [1.29, 1.82) is 0 Å². The maximum Gasteiger partial charge on any atom is 0.122 e. The lowest BCUT2D eigenvalue weighted by Crippen LogP contribution is -2.54. The molecule has 6 rings (SSSR count). The fraction of sp³-hybridized carbons (Fsp3) is 0.308. The highest BCUT2D eigenvalue weighted by atomic mass is 16.7. The van der Waals surface area contributed by atoms with Crippen LogP contribution in [-0.2, 0) is 10.4 Å². The Labute approximate surface area is 167 Å². The summed E-state index contributed by atoms with van der Waals surface area (Å²) in [6.45, 7) is 10.3. The van der Waals surface area contributed by atoms with Gasteiger partial charge in [-0.1, -0.05) is 67.6 Å². The highest BCUT2D eigenvalue weighted by molar-refractivity contribution is 5.73. The van der Waals surface area contributed by atoms with E-state index < -0.39 is 5.54 Å². The van der Waals surface area contributed by atoms with E-state index in [4.69, 9.17) is 4.84 Å². The van der Waals surface area contributed by atoms with Crippen molar-refractivity contribution in [3.63, 3.8) is 0 Å². The molecule has 0 saturated heterocycles. The minimum absolute atomic E-state index is 0.296. The first-order chi connectivity index (χ1) is 13.7. The molecular formula is C26H27NO. The van der Waals surface area contributed by atoms with Crippen LogP contribution in [-0.4, -0.2) is 18.2 Å². The van der Waals surface area contributed by atoms with Crippen molar-refractivity contribution in [3.8, 4) is 0 Å². The molecule has 2 nitrogen and oxygen atoms in total. The second-order valence-corrected chi connectivity index (χ2v) is 7.92. The molecule has 3 aromatic rings. The molecule has 3 aliphatic carbocycles. The summed E-state index contributed by atoms with van der Waals surface area (Å²) in [6, 6.07) is 22.5. The monoisotopic (exact) mass is 369 g/mol. The van der Waals surface area contributed by atoms with Crippen molar-refractivity contribution in [2.75, 3.05) is 13.2 Å². The van der Waals surface area contributed by atoms with Crippen LogP contribution in [0.25, 0.3) is 0 Å². The predicted molar refractivity (Wildman–Crippen MR) is 114 cm³/mol. The number of rotatable bonds is 4. The number of benzene rings is 3. The number of hydroxylamine groups is 2. The number of nitrogens with zero attached hydrogens (tertiary/aromatic N) is 1. The average Bonchev–Trinajstić information content (AvgIpc) is 2.74. The number of aryl methyl sites for hydroxylation is 2. The lowest BCUT2D eigenvalue weighted by molar-refractivity contribution is -0.200. The Morgan fingerprint density at radius 3 is 1.96 bits per heavy atom. The van der Waals surface area contributed by atoms with Crippen molar-refractivity contribution < 1.29 is 4.84 Å². The fourth-order valence-electron chi connectivity index (χ4n) is 5.71. The molecule has 0 spiro atoms. The molecule has 142 valence electrons. The zero-order valence-corrected chi connectivity index (χ0v) is 17.1. The molecule has 0 radical (unpaired) electrons. The van der Waals surface area contributed by atoms with E-state index >= 15 is 0 Å². The molecule has 2 bridgehead atoms. The predicted octanol–water partition coefficient (Wildman–Crippen LogP) is 5.68. The zero-order valence-electron chi connectivity index (χ0n) is 17.1. The standard InChI is InChI=1S/C26H27NO/c1-5-27(28-6-2)26-21-13-9-7-11-19(21)24(20-12-8-10-14-22(20)26)23-17(3)15-16-18(4)25(23)26/h7-16,24H,5-6H2,1-4H3. The van der Waals surface area contributed by atoms with Gasteiger partial charge in [-0.05, 0) is 65.3 Å². The van der Waals surface area contributed by atoms with Crippen LogP contribution in [0.3, 0.4) is 0 Å². The molecule has 0 aliphatic heterocycles. The molecule has 0 fully saturated rings. The Hall–Kier alpha value is -2.42.